The van der Waals surface area contributed by atoms with Crippen molar-refractivity contribution in [2.75, 3.05) is 6.54 Å². The molecule has 1 heteroatoms. The summed E-state index contributed by atoms with van der Waals surface area (Å²) in [5, 5.41) is 3.84. The molecule has 2 aliphatic rings. The van der Waals surface area contributed by atoms with Gasteiger partial charge in [-0.05, 0) is 57.9 Å². The van der Waals surface area contributed by atoms with Gasteiger partial charge >= 0.3 is 0 Å². The van der Waals surface area contributed by atoms with Gasteiger partial charge in [0.2, 0.25) is 0 Å². The van der Waals surface area contributed by atoms with Crippen LogP contribution >= 0.6 is 0 Å². The highest BCUT2D eigenvalue weighted by Gasteiger charge is 2.29. The summed E-state index contributed by atoms with van der Waals surface area (Å²) in [6.45, 7) is 8.29. The van der Waals surface area contributed by atoms with Gasteiger partial charge in [-0.3, -0.25) is 0 Å². The van der Waals surface area contributed by atoms with Gasteiger partial charge in [0.15, 0.2) is 0 Å². The molecule has 2 unspecified atom stereocenters. The van der Waals surface area contributed by atoms with Gasteiger partial charge < -0.3 is 5.32 Å². The average Bonchev–Trinajstić information content (AvgIpc) is 2.62. The van der Waals surface area contributed by atoms with Gasteiger partial charge in [0.1, 0.15) is 0 Å². The summed E-state index contributed by atoms with van der Waals surface area (Å²) >= 11 is 0. The van der Waals surface area contributed by atoms with Crippen molar-refractivity contribution < 1.29 is 0 Å². The normalized spacial score (nSPS) is 33.8. The predicted octanol–water partition coefficient (Wildman–Crippen LogP) is 3.90. The maximum absolute atomic E-state index is 3.84. The summed E-state index contributed by atoms with van der Waals surface area (Å²) in [7, 11) is 0. The Hall–Kier alpha value is -0.300. The Morgan fingerprint density at radius 3 is 2.69 bits per heavy atom. The molecule has 0 aromatic rings. The molecule has 2 atom stereocenters. The number of hydrogen-bond acceptors (Lipinski definition) is 1. The lowest BCUT2D eigenvalue weighted by Crippen LogP contribution is -2.42. The first kappa shape index (κ1) is 12.2. The van der Waals surface area contributed by atoms with E-state index in [-0.39, 0.29) is 0 Å². The molecule has 0 heterocycles. The second-order valence-corrected chi connectivity index (χ2v) is 6.44. The van der Waals surface area contributed by atoms with Gasteiger partial charge in [-0.2, -0.15) is 0 Å². The van der Waals surface area contributed by atoms with Crippen LogP contribution in [0.15, 0.2) is 11.6 Å². The van der Waals surface area contributed by atoms with E-state index >= 15 is 0 Å². The number of hydrogen-bond donors (Lipinski definition) is 1. The molecule has 1 fully saturated rings. The van der Waals surface area contributed by atoms with E-state index in [1.54, 1.807) is 5.57 Å². The Labute approximate surface area is 101 Å². The topological polar surface area (TPSA) is 12.0 Å². The smallest absolute Gasteiger partial charge is 0.0153 e. The van der Waals surface area contributed by atoms with Crippen molar-refractivity contribution in [3.63, 3.8) is 0 Å². The zero-order chi connectivity index (χ0) is 11.6. The van der Waals surface area contributed by atoms with Gasteiger partial charge in [-0.15, -0.1) is 0 Å². The van der Waals surface area contributed by atoms with Gasteiger partial charge in [-0.1, -0.05) is 31.4 Å². The SMILES string of the molecule is CC1=CC(C)CC(CNC2(C)CCCC2)C1. The highest BCUT2D eigenvalue weighted by molar-refractivity contribution is 5.06. The number of allylic oxidation sites excluding steroid dienone is 2. The van der Waals surface area contributed by atoms with Crippen molar-refractivity contribution in [1.29, 1.82) is 0 Å². The summed E-state index contributed by atoms with van der Waals surface area (Å²) in [4.78, 5) is 0. The van der Waals surface area contributed by atoms with E-state index in [9.17, 15) is 0 Å². The van der Waals surface area contributed by atoms with Crippen LogP contribution in [0.1, 0.15) is 59.3 Å². The summed E-state index contributed by atoms with van der Waals surface area (Å²) in [5.74, 6) is 1.66. The molecular formula is C15H27N. The van der Waals surface area contributed by atoms with Crippen LogP contribution in [0.5, 0.6) is 0 Å². The second-order valence-electron chi connectivity index (χ2n) is 6.44. The van der Waals surface area contributed by atoms with E-state index < -0.39 is 0 Å². The van der Waals surface area contributed by atoms with Crippen LogP contribution < -0.4 is 5.32 Å². The van der Waals surface area contributed by atoms with Gasteiger partial charge in [-0.25, -0.2) is 0 Å². The van der Waals surface area contributed by atoms with E-state index in [2.05, 4.69) is 32.2 Å². The zero-order valence-electron chi connectivity index (χ0n) is 11.2. The monoisotopic (exact) mass is 221 g/mol. The van der Waals surface area contributed by atoms with Crippen LogP contribution in [0.2, 0.25) is 0 Å². The predicted molar refractivity (Wildman–Crippen MR) is 70.5 cm³/mol. The first-order chi connectivity index (χ1) is 7.57. The standard InChI is InChI=1S/C15H27N/c1-12-8-13(2)10-14(9-12)11-16-15(3)6-4-5-7-15/h8,12,14,16H,4-7,9-11H2,1-3H3. The Morgan fingerprint density at radius 2 is 2.06 bits per heavy atom. The minimum absolute atomic E-state index is 0.457. The third-order valence-electron chi connectivity index (χ3n) is 4.41. The fourth-order valence-corrected chi connectivity index (χ4v) is 3.56. The van der Waals surface area contributed by atoms with Crippen LogP contribution in [0.4, 0.5) is 0 Å². The Morgan fingerprint density at radius 1 is 1.38 bits per heavy atom. The van der Waals surface area contributed by atoms with Crippen LogP contribution in [-0.2, 0) is 0 Å². The van der Waals surface area contributed by atoms with E-state index in [0.29, 0.717) is 5.54 Å². The molecule has 1 nitrogen and oxygen atoms in total. The highest BCUT2D eigenvalue weighted by atomic mass is 15.0. The molecule has 0 aromatic carbocycles. The largest absolute Gasteiger partial charge is 0.311 e. The maximum Gasteiger partial charge on any atom is 0.0153 e. The molecule has 0 spiro atoms. The van der Waals surface area contributed by atoms with Gasteiger partial charge in [0.05, 0.1) is 0 Å². The quantitative estimate of drug-likeness (QED) is 0.713. The van der Waals surface area contributed by atoms with Crippen molar-refractivity contribution in [2.45, 2.75) is 64.8 Å². The molecule has 1 saturated carbocycles. The lowest BCUT2D eigenvalue weighted by molar-refractivity contribution is 0.301. The molecule has 0 saturated heterocycles. The molecule has 16 heavy (non-hydrogen) atoms. The minimum atomic E-state index is 0.457. The third-order valence-corrected chi connectivity index (χ3v) is 4.41. The summed E-state index contributed by atoms with van der Waals surface area (Å²) < 4.78 is 0. The van der Waals surface area contributed by atoms with Crippen LogP contribution in [0, 0.1) is 11.8 Å². The van der Waals surface area contributed by atoms with Crippen LogP contribution in [0.25, 0.3) is 0 Å². The molecule has 0 aromatic heterocycles. The minimum Gasteiger partial charge on any atom is -0.311 e. The molecule has 0 bridgehead atoms. The Kier molecular flexibility index (Phi) is 3.73. The number of nitrogens with one attached hydrogen (secondary N) is 1. The van der Waals surface area contributed by atoms with Crippen molar-refractivity contribution in [2.24, 2.45) is 11.8 Å². The molecule has 0 radical (unpaired) electrons. The average molecular weight is 221 g/mol. The molecule has 0 aliphatic heterocycles. The fourth-order valence-electron chi connectivity index (χ4n) is 3.56. The van der Waals surface area contributed by atoms with Crippen molar-refractivity contribution in [1.82, 2.24) is 5.32 Å². The van der Waals surface area contributed by atoms with Crippen LogP contribution in [-0.4, -0.2) is 12.1 Å². The van der Waals surface area contributed by atoms with Crippen LogP contribution in [0.3, 0.4) is 0 Å². The molecule has 2 rings (SSSR count). The van der Waals surface area contributed by atoms with Crippen molar-refractivity contribution >= 4 is 0 Å². The molecular weight excluding hydrogens is 194 g/mol. The highest BCUT2D eigenvalue weighted by Crippen LogP contribution is 2.31. The first-order valence-corrected chi connectivity index (χ1v) is 7.00. The Bertz CT molecular complexity index is 261. The van der Waals surface area contributed by atoms with Crippen molar-refractivity contribution in [3.05, 3.63) is 11.6 Å². The first-order valence-electron chi connectivity index (χ1n) is 7.00. The molecule has 0 amide bonds. The van der Waals surface area contributed by atoms with E-state index in [0.717, 1.165) is 11.8 Å². The summed E-state index contributed by atoms with van der Waals surface area (Å²) in [6, 6.07) is 0. The summed E-state index contributed by atoms with van der Waals surface area (Å²) in [6.07, 6.45) is 10.7. The number of rotatable bonds is 3. The Balaban J connectivity index is 1.80. The van der Waals surface area contributed by atoms with E-state index in [1.807, 2.05) is 0 Å². The van der Waals surface area contributed by atoms with Gasteiger partial charge in [0.25, 0.3) is 0 Å². The lowest BCUT2D eigenvalue weighted by Gasteiger charge is -2.31. The molecule has 92 valence electrons. The molecule has 1 N–H and O–H groups in total. The van der Waals surface area contributed by atoms with E-state index in [1.165, 1.54) is 45.1 Å². The maximum atomic E-state index is 3.84. The van der Waals surface area contributed by atoms with E-state index in [4.69, 9.17) is 0 Å². The third kappa shape index (κ3) is 3.10. The second kappa shape index (κ2) is 4.91. The lowest BCUT2D eigenvalue weighted by atomic mass is 9.83. The summed E-state index contributed by atoms with van der Waals surface area (Å²) in [5.41, 5.74) is 2.06. The van der Waals surface area contributed by atoms with Crippen molar-refractivity contribution in [3.8, 4) is 0 Å². The zero-order valence-corrected chi connectivity index (χ0v) is 11.2. The fraction of sp³-hybridized carbons (Fsp3) is 0.867. The molecule has 2 aliphatic carbocycles. The van der Waals surface area contributed by atoms with Gasteiger partial charge in [0, 0.05) is 5.54 Å².